The summed E-state index contributed by atoms with van der Waals surface area (Å²) in [7, 11) is 0. The van der Waals surface area contributed by atoms with E-state index in [-0.39, 0.29) is 11.3 Å². The van der Waals surface area contributed by atoms with Gasteiger partial charge >= 0.3 is 6.03 Å². The van der Waals surface area contributed by atoms with E-state index < -0.39 is 12.1 Å². The lowest BCUT2D eigenvalue weighted by molar-refractivity contribution is -0.122. The standard InChI is InChI=1S/C10H16N2O2/c1-4-5-6-10(2,3)7-8(13)12-9(14)11-7/h4,7H,1,5-6H2,2-3H3,(H2,11,12,13,14). The van der Waals surface area contributed by atoms with Gasteiger partial charge in [0.15, 0.2) is 0 Å². The lowest BCUT2D eigenvalue weighted by Gasteiger charge is -2.28. The molecular formula is C10H16N2O2. The highest BCUT2D eigenvalue weighted by Crippen LogP contribution is 2.28. The summed E-state index contributed by atoms with van der Waals surface area (Å²) in [6, 6.07) is -0.818. The van der Waals surface area contributed by atoms with Crippen molar-refractivity contribution in [2.75, 3.05) is 0 Å². The second-order valence-corrected chi connectivity index (χ2v) is 4.21. The zero-order valence-corrected chi connectivity index (χ0v) is 8.59. The molecule has 1 atom stereocenters. The van der Waals surface area contributed by atoms with Crippen LogP contribution in [0, 0.1) is 5.41 Å². The SMILES string of the molecule is C=CCCC(C)(C)C1NC(=O)NC1=O. The van der Waals surface area contributed by atoms with Gasteiger partial charge in [-0.25, -0.2) is 4.79 Å². The van der Waals surface area contributed by atoms with Crippen LogP contribution in [0.3, 0.4) is 0 Å². The van der Waals surface area contributed by atoms with Gasteiger partial charge in [-0.1, -0.05) is 19.9 Å². The van der Waals surface area contributed by atoms with Crippen molar-refractivity contribution in [1.82, 2.24) is 10.6 Å². The van der Waals surface area contributed by atoms with E-state index in [0.29, 0.717) is 0 Å². The summed E-state index contributed by atoms with van der Waals surface area (Å²) in [6.07, 6.45) is 3.48. The minimum absolute atomic E-state index is 0.232. The maximum absolute atomic E-state index is 11.4. The third-order valence-corrected chi connectivity index (χ3v) is 2.55. The first-order chi connectivity index (χ1) is 6.47. The molecule has 4 heteroatoms. The summed E-state index contributed by atoms with van der Waals surface area (Å²) in [5.74, 6) is -0.232. The molecule has 1 aliphatic heterocycles. The number of amides is 3. The first kappa shape index (κ1) is 10.8. The molecule has 1 heterocycles. The summed E-state index contributed by atoms with van der Waals surface area (Å²) >= 11 is 0. The summed E-state index contributed by atoms with van der Waals surface area (Å²) in [6.45, 7) is 7.57. The first-order valence-electron chi connectivity index (χ1n) is 4.69. The highest BCUT2D eigenvalue weighted by Gasteiger charge is 2.40. The Morgan fingerprint density at radius 3 is 2.57 bits per heavy atom. The smallest absolute Gasteiger partial charge is 0.322 e. The predicted molar refractivity (Wildman–Crippen MR) is 53.7 cm³/mol. The van der Waals surface area contributed by atoms with Crippen LogP contribution in [0.2, 0.25) is 0 Å². The predicted octanol–water partition coefficient (Wildman–Crippen LogP) is 1.19. The van der Waals surface area contributed by atoms with Gasteiger partial charge in [-0.15, -0.1) is 6.58 Å². The van der Waals surface area contributed by atoms with Crippen molar-refractivity contribution in [1.29, 1.82) is 0 Å². The molecule has 3 amide bonds. The lowest BCUT2D eigenvalue weighted by Crippen LogP contribution is -2.42. The van der Waals surface area contributed by atoms with E-state index >= 15 is 0 Å². The van der Waals surface area contributed by atoms with E-state index in [1.54, 1.807) is 0 Å². The summed E-state index contributed by atoms with van der Waals surface area (Å²) in [4.78, 5) is 22.3. The maximum Gasteiger partial charge on any atom is 0.322 e. The Balaban J connectivity index is 2.66. The van der Waals surface area contributed by atoms with Crippen molar-refractivity contribution in [2.45, 2.75) is 32.7 Å². The van der Waals surface area contributed by atoms with E-state index in [2.05, 4.69) is 17.2 Å². The Morgan fingerprint density at radius 2 is 2.14 bits per heavy atom. The third kappa shape index (κ3) is 2.13. The molecule has 0 saturated carbocycles. The number of hydrogen-bond acceptors (Lipinski definition) is 2. The van der Waals surface area contributed by atoms with Gasteiger partial charge < -0.3 is 5.32 Å². The Bertz CT molecular complexity index is 271. The molecule has 1 rings (SSSR count). The molecule has 1 unspecified atom stereocenters. The minimum Gasteiger partial charge on any atom is -0.325 e. The lowest BCUT2D eigenvalue weighted by atomic mass is 9.80. The number of rotatable bonds is 4. The number of urea groups is 1. The van der Waals surface area contributed by atoms with Crippen LogP contribution in [-0.2, 0) is 4.79 Å². The Morgan fingerprint density at radius 1 is 1.50 bits per heavy atom. The highest BCUT2D eigenvalue weighted by atomic mass is 16.2. The first-order valence-corrected chi connectivity index (χ1v) is 4.69. The molecule has 14 heavy (non-hydrogen) atoms. The average Bonchev–Trinajstić information content (AvgIpc) is 2.42. The third-order valence-electron chi connectivity index (χ3n) is 2.55. The summed E-state index contributed by atoms with van der Waals surface area (Å²) in [5.41, 5.74) is -0.232. The fraction of sp³-hybridized carbons (Fsp3) is 0.600. The average molecular weight is 196 g/mol. The van der Waals surface area contributed by atoms with E-state index in [4.69, 9.17) is 0 Å². The van der Waals surface area contributed by atoms with Crippen LogP contribution in [0.5, 0.6) is 0 Å². The number of allylic oxidation sites excluding steroid dienone is 1. The summed E-state index contributed by atoms with van der Waals surface area (Å²) < 4.78 is 0. The van der Waals surface area contributed by atoms with E-state index in [1.165, 1.54) is 0 Å². The number of carbonyl (C=O) groups excluding carboxylic acids is 2. The van der Waals surface area contributed by atoms with Crippen molar-refractivity contribution in [2.24, 2.45) is 5.41 Å². The van der Waals surface area contributed by atoms with Gasteiger partial charge in [0, 0.05) is 0 Å². The molecule has 0 aliphatic carbocycles. The number of nitrogens with one attached hydrogen (secondary N) is 2. The van der Waals surface area contributed by atoms with E-state index in [9.17, 15) is 9.59 Å². The van der Waals surface area contributed by atoms with Gasteiger partial charge in [0.05, 0.1) is 0 Å². The summed E-state index contributed by atoms with van der Waals surface area (Å²) in [5, 5.41) is 4.85. The van der Waals surface area contributed by atoms with Gasteiger partial charge in [-0.3, -0.25) is 10.1 Å². The molecule has 0 radical (unpaired) electrons. The second kappa shape index (κ2) is 3.82. The number of carbonyl (C=O) groups is 2. The van der Waals surface area contributed by atoms with Crippen LogP contribution in [-0.4, -0.2) is 18.0 Å². The molecule has 78 valence electrons. The van der Waals surface area contributed by atoms with Gasteiger partial charge in [-0.2, -0.15) is 0 Å². The molecule has 0 aromatic rings. The minimum atomic E-state index is -0.421. The normalized spacial score (nSPS) is 21.7. The van der Waals surface area contributed by atoms with Crippen LogP contribution in [0.1, 0.15) is 26.7 Å². The van der Waals surface area contributed by atoms with Gasteiger partial charge in [-0.05, 0) is 18.3 Å². The molecule has 2 N–H and O–H groups in total. The van der Waals surface area contributed by atoms with Crippen molar-refractivity contribution in [3.05, 3.63) is 12.7 Å². The molecule has 0 spiro atoms. The monoisotopic (exact) mass is 196 g/mol. The number of imide groups is 1. The molecule has 1 saturated heterocycles. The van der Waals surface area contributed by atoms with Gasteiger partial charge in [0.25, 0.3) is 5.91 Å². The van der Waals surface area contributed by atoms with Crippen LogP contribution in [0.15, 0.2) is 12.7 Å². The van der Waals surface area contributed by atoms with E-state index in [0.717, 1.165) is 12.8 Å². The molecule has 1 fully saturated rings. The van der Waals surface area contributed by atoms with Crippen LogP contribution < -0.4 is 10.6 Å². The Hall–Kier alpha value is -1.32. The molecule has 0 aromatic carbocycles. The Labute approximate surface area is 83.8 Å². The highest BCUT2D eigenvalue weighted by molar-refractivity contribution is 6.04. The van der Waals surface area contributed by atoms with E-state index in [1.807, 2.05) is 19.9 Å². The van der Waals surface area contributed by atoms with Crippen molar-refractivity contribution < 1.29 is 9.59 Å². The number of hydrogen-bond donors (Lipinski definition) is 2. The molecule has 0 bridgehead atoms. The zero-order chi connectivity index (χ0) is 10.8. The second-order valence-electron chi connectivity index (χ2n) is 4.21. The van der Waals surface area contributed by atoms with Crippen LogP contribution in [0.4, 0.5) is 4.79 Å². The van der Waals surface area contributed by atoms with Crippen molar-refractivity contribution in [3.8, 4) is 0 Å². The van der Waals surface area contributed by atoms with Crippen LogP contribution >= 0.6 is 0 Å². The maximum atomic E-state index is 11.4. The largest absolute Gasteiger partial charge is 0.325 e. The van der Waals surface area contributed by atoms with Gasteiger partial charge in [0.2, 0.25) is 0 Å². The molecule has 4 nitrogen and oxygen atoms in total. The fourth-order valence-electron chi connectivity index (χ4n) is 1.59. The van der Waals surface area contributed by atoms with Crippen molar-refractivity contribution >= 4 is 11.9 Å². The molecule has 1 aliphatic rings. The zero-order valence-electron chi connectivity index (χ0n) is 8.59. The molecule has 0 aromatic heterocycles. The fourth-order valence-corrected chi connectivity index (χ4v) is 1.59. The molecular weight excluding hydrogens is 180 g/mol. The van der Waals surface area contributed by atoms with Gasteiger partial charge in [0.1, 0.15) is 6.04 Å². The topological polar surface area (TPSA) is 58.2 Å². The Kier molecular flexibility index (Phi) is 2.93. The van der Waals surface area contributed by atoms with Crippen molar-refractivity contribution in [3.63, 3.8) is 0 Å². The van der Waals surface area contributed by atoms with Crippen LogP contribution in [0.25, 0.3) is 0 Å². The quantitative estimate of drug-likeness (QED) is 0.524.